The number of aromatic nitrogens is 1. The molecule has 0 aliphatic heterocycles. The normalized spacial score (nSPS) is 10.8. The molecule has 0 saturated heterocycles. The molecule has 0 unspecified atom stereocenters. The topological polar surface area (TPSA) is 80.8 Å². The first-order valence-electron chi connectivity index (χ1n) is 8.35. The molecule has 0 fully saturated rings. The molecule has 3 aromatic carbocycles. The van der Waals surface area contributed by atoms with E-state index in [1.807, 2.05) is 61.5 Å². The Morgan fingerprint density at radius 3 is 2.42 bits per heavy atom. The van der Waals surface area contributed by atoms with Gasteiger partial charge < -0.3 is 16.0 Å². The summed E-state index contributed by atoms with van der Waals surface area (Å²) in [6, 6.07) is 21.6. The lowest BCUT2D eigenvalue weighted by Crippen LogP contribution is -1.92. The van der Waals surface area contributed by atoms with Crippen LogP contribution >= 0.6 is 0 Å². The van der Waals surface area contributed by atoms with Crippen LogP contribution in [0, 0.1) is 18.3 Å². The molecule has 0 spiro atoms. The van der Waals surface area contributed by atoms with Crippen LogP contribution in [0.3, 0.4) is 0 Å². The molecular formula is C22H18N4. The van der Waals surface area contributed by atoms with Crippen molar-refractivity contribution in [3.05, 3.63) is 78.0 Å². The van der Waals surface area contributed by atoms with Gasteiger partial charge >= 0.3 is 0 Å². The molecule has 126 valence electrons. The van der Waals surface area contributed by atoms with Crippen molar-refractivity contribution in [2.75, 3.05) is 11.5 Å². The van der Waals surface area contributed by atoms with E-state index in [9.17, 15) is 0 Å². The molecule has 0 amide bonds. The van der Waals surface area contributed by atoms with Crippen LogP contribution in [0.5, 0.6) is 0 Å². The van der Waals surface area contributed by atoms with E-state index in [0.29, 0.717) is 5.56 Å². The third-order valence-corrected chi connectivity index (χ3v) is 4.77. The van der Waals surface area contributed by atoms with Crippen molar-refractivity contribution in [2.45, 2.75) is 6.92 Å². The molecule has 26 heavy (non-hydrogen) atoms. The minimum Gasteiger partial charge on any atom is -0.399 e. The zero-order chi connectivity index (χ0) is 18.3. The molecule has 0 aliphatic carbocycles. The molecule has 4 nitrogen and oxygen atoms in total. The van der Waals surface area contributed by atoms with Crippen LogP contribution in [0.4, 0.5) is 11.4 Å². The van der Waals surface area contributed by atoms with Gasteiger partial charge in [0.2, 0.25) is 0 Å². The van der Waals surface area contributed by atoms with E-state index in [2.05, 4.69) is 22.9 Å². The van der Waals surface area contributed by atoms with E-state index in [0.717, 1.165) is 44.7 Å². The fraction of sp³-hybridized carbons (Fsp3) is 0.0455. The Hall–Kier alpha value is -3.71. The first kappa shape index (κ1) is 15.8. The van der Waals surface area contributed by atoms with E-state index in [1.54, 1.807) is 0 Å². The Kier molecular flexibility index (Phi) is 3.63. The highest BCUT2D eigenvalue weighted by Gasteiger charge is 2.14. The summed E-state index contributed by atoms with van der Waals surface area (Å²) in [5.74, 6) is 0. The highest BCUT2D eigenvalue weighted by molar-refractivity contribution is 6.00. The molecular weight excluding hydrogens is 320 g/mol. The van der Waals surface area contributed by atoms with Crippen molar-refractivity contribution in [3.63, 3.8) is 0 Å². The zero-order valence-corrected chi connectivity index (χ0v) is 14.4. The molecule has 4 N–H and O–H groups in total. The van der Waals surface area contributed by atoms with Crippen molar-refractivity contribution in [3.8, 4) is 22.9 Å². The van der Waals surface area contributed by atoms with E-state index in [-0.39, 0.29) is 0 Å². The summed E-state index contributed by atoms with van der Waals surface area (Å²) in [6.07, 6.45) is 2.10. The van der Waals surface area contributed by atoms with E-state index in [1.165, 1.54) is 0 Å². The lowest BCUT2D eigenvalue weighted by molar-refractivity contribution is 1.13. The first-order chi connectivity index (χ1) is 12.6. The number of hydrogen-bond acceptors (Lipinski definition) is 3. The molecule has 0 atom stereocenters. The lowest BCUT2D eigenvalue weighted by Gasteiger charge is -2.07. The maximum atomic E-state index is 9.03. The van der Waals surface area contributed by atoms with Crippen LogP contribution in [0.1, 0.15) is 11.1 Å². The quantitative estimate of drug-likeness (QED) is 0.522. The number of fused-ring (bicyclic) bond motifs is 1. The van der Waals surface area contributed by atoms with Gasteiger partial charge in [0.15, 0.2) is 0 Å². The van der Waals surface area contributed by atoms with Gasteiger partial charge in [-0.25, -0.2) is 0 Å². The zero-order valence-electron chi connectivity index (χ0n) is 14.4. The van der Waals surface area contributed by atoms with E-state index in [4.69, 9.17) is 16.7 Å². The van der Waals surface area contributed by atoms with Crippen LogP contribution in [0.15, 0.2) is 66.9 Å². The second-order valence-electron chi connectivity index (χ2n) is 6.37. The fourth-order valence-corrected chi connectivity index (χ4v) is 3.32. The SMILES string of the molecule is Cc1c(N)cccc1-c1cn(-c2ccc(C#N)cc2)c2ccc(N)cc12. The summed E-state index contributed by atoms with van der Waals surface area (Å²) in [4.78, 5) is 0. The Morgan fingerprint density at radius 1 is 0.923 bits per heavy atom. The van der Waals surface area contributed by atoms with Gasteiger partial charge in [-0.2, -0.15) is 5.26 Å². The van der Waals surface area contributed by atoms with Gasteiger partial charge in [0.25, 0.3) is 0 Å². The average molecular weight is 338 g/mol. The second kappa shape index (κ2) is 5.98. The van der Waals surface area contributed by atoms with Gasteiger partial charge in [-0.1, -0.05) is 12.1 Å². The van der Waals surface area contributed by atoms with Crippen molar-refractivity contribution in [1.29, 1.82) is 5.26 Å². The van der Waals surface area contributed by atoms with E-state index < -0.39 is 0 Å². The van der Waals surface area contributed by atoms with Crippen molar-refractivity contribution < 1.29 is 0 Å². The molecule has 4 rings (SSSR count). The number of anilines is 2. The second-order valence-corrected chi connectivity index (χ2v) is 6.37. The Bertz CT molecular complexity index is 1160. The largest absolute Gasteiger partial charge is 0.399 e. The van der Waals surface area contributed by atoms with Crippen LogP contribution in [0.2, 0.25) is 0 Å². The van der Waals surface area contributed by atoms with Gasteiger partial charge in [0.1, 0.15) is 0 Å². The number of nitriles is 1. The standard InChI is InChI=1S/C22H18N4/c1-14-18(3-2-4-21(14)25)20-13-26(17-8-5-15(12-23)6-9-17)22-10-7-16(24)11-19(20)22/h2-11,13H,24-25H2,1H3. The van der Waals surface area contributed by atoms with Crippen molar-refractivity contribution >= 4 is 22.3 Å². The highest BCUT2D eigenvalue weighted by Crippen LogP contribution is 2.36. The third-order valence-electron chi connectivity index (χ3n) is 4.77. The van der Waals surface area contributed by atoms with Crippen LogP contribution < -0.4 is 11.5 Å². The lowest BCUT2D eigenvalue weighted by atomic mass is 9.99. The number of benzene rings is 3. The van der Waals surface area contributed by atoms with Crippen molar-refractivity contribution in [1.82, 2.24) is 4.57 Å². The third kappa shape index (κ3) is 2.47. The van der Waals surface area contributed by atoms with Crippen molar-refractivity contribution in [2.24, 2.45) is 0 Å². The molecule has 0 saturated carbocycles. The van der Waals surface area contributed by atoms with Gasteiger partial charge in [-0.3, -0.25) is 0 Å². The van der Waals surface area contributed by atoms with E-state index >= 15 is 0 Å². The summed E-state index contributed by atoms with van der Waals surface area (Å²) < 4.78 is 2.12. The monoisotopic (exact) mass is 338 g/mol. The Morgan fingerprint density at radius 2 is 1.69 bits per heavy atom. The molecule has 0 bridgehead atoms. The van der Waals surface area contributed by atoms with Gasteiger partial charge in [0, 0.05) is 34.2 Å². The fourth-order valence-electron chi connectivity index (χ4n) is 3.32. The maximum Gasteiger partial charge on any atom is 0.0991 e. The highest BCUT2D eigenvalue weighted by atomic mass is 15.0. The smallest absolute Gasteiger partial charge is 0.0991 e. The first-order valence-corrected chi connectivity index (χ1v) is 8.35. The van der Waals surface area contributed by atoms with Gasteiger partial charge in [-0.05, 0) is 66.6 Å². The summed E-state index contributed by atoms with van der Waals surface area (Å²) in [6.45, 7) is 2.03. The van der Waals surface area contributed by atoms with Crippen LogP contribution in [-0.4, -0.2) is 4.57 Å². The Labute approximate surface area is 151 Å². The molecule has 4 heteroatoms. The predicted molar refractivity (Wildman–Crippen MR) is 107 cm³/mol. The number of hydrogen-bond donors (Lipinski definition) is 2. The minimum atomic E-state index is 0.640. The Balaban J connectivity index is 2.01. The predicted octanol–water partition coefficient (Wildman–Crippen LogP) is 4.64. The number of nitrogen functional groups attached to an aromatic ring is 2. The summed E-state index contributed by atoms with van der Waals surface area (Å²) in [5, 5.41) is 10.1. The number of nitrogens with zero attached hydrogens (tertiary/aromatic N) is 2. The molecule has 0 radical (unpaired) electrons. The summed E-state index contributed by atoms with van der Waals surface area (Å²) >= 11 is 0. The number of nitrogens with two attached hydrogens (primary N) is 2. The molecule has 4 aromatic rings. The molecule has 0 aliphatic rings. The molecule has 1 heterocycles. The minimum absolute atomic E-state index is 0.640. The summed E-state index contributed by atoms with van der Waals surface area (Å²) in [7, 11) is 0. The maximum absolute atomic E-state index is 9.03. The average Bonchev–Trinajstić information content (AvgIpc) is 3.02. The molecule has 1 aromatic heterocycles. The van der Waals surface area contributed by atoms with Gasteiger partial charge in [-0.15, -0.1) is 0 Å². The van der Waals surface area contributed by atoms with Crippen LogP contribution in [-0.2, 0) is 0 Å². The van der Waals surface area contributed by atoms with Crippen LogP contribution in [0.25, 0.3) is 27.7 Å². The summed E-state index contributed by atoms with van der Waals surface area (Å²) in [5.41, 5.74) is 19.6. The number of rotatable bonds is 2. The van der Waals surface area contributed by atoms with Gasteiger partial charge in [0.05, 0.1) is 17.1 Å².